The number of amides is 2. The summed E-state index contributed by atoms with van der Waals surface area (Å²) in [6.07, 6.45) is 0. The van der Waals surface area contributed by atoms with Crippen LogP contribution in [0.3, 0.4) is 0 Å². The molecular weight excluding hydrogens is 312 g/mol. The van der Waals surface area contributed by atoms with E-state index in [1.54, 1.807) is 36.4 Å². The third kappa shape index (κ3) is 4.07. The molecule has 0 spiro atoms. The normalized spacial score (nSPS) is 9.83. The highest BCUT2D eigenvalue weighted by molar-refractivity contribution is 5.95. The number of rotatable bonds is 7. The number of hydrogen-bond acceptors (Lipinski definition) is 6. The van der Waals surface area contributed by atoms with E-state index in [1.165, 1.54) is 24.3 Å². The van der Waals surface area contributed by atoms with Gasteiger partial charge in [-0.15, -0.1) is 9.81 Å². The Morgan fingerprint density at radius 1 is 0.667 bits per heavy atom. The van der Waals surface area contributed by atoms with Crippen LogP contribution in [0.4, 0.5) is 0 Å². The standard InChI is InChI=1S/C16H14N4O4/c21-15(13-7-3-1-4-8-13)19(17-23)11-12-20(18-24)16(22)14-9-5-2-6-10-14/h1-10H,11-12H2. The van der Waals surface area contributed by atoms with E-state index in [1.807, 2.05) is 0 Å². The first-order valence-electron chi connectivity index (χ1n) is 7.07. The molecule has 122 valence electrons. The second-order valence-corrected chi connectivity index (χ2v) is 4.75. The van der Waals surface area contributed by atoms with Crippen LogP contribution in [0.1, 0.15) is 20.7 Å². The SMILES string of the molecule is O=NN(CCN(N=O)C(=O)c1ccccc1)C(=O)c1ccccc1. The Balaban J connectivity index is 2.03. The number of benzene rings is 2. The van der Waals surface area contributed by atoms with E-state index in [4.69, 9.17) is 0 Å². The maximum absolute atomic E-state index is 12.1. The molecule has 0 fully saturated rings. The van der Waals surface area contributed by atoms with Gasteiger partial charge in [-0.05, 0) is 24.3 Å². The monoisotopic (exact) mass is 326 g/mol. The lowest BCUT2D eigenvalue weighted by molar-refractivity contribution is 0.0665. The largest absolute Gasteiger partial charge is 0.276 e. The maximum Gasteiger partial charge on any atom is 0.276 e. The molecule has 24 heavy (non-hydrogen) atoms. The second kappa shape index (κ2) is 8.28. The van der Waals surface area contributed by atoms with Crippen molar-refractivity contribution in [2.75, 3.05) is 13.1 Å². The quantitative estimate of drug-likeness (QED) is 0.576. The molecule has 0 heterocycles. The fourth-order valence-corrected chi connectivity index (χ4v) is 2.01. The predicted octanol–water partition coefficient (Wildman–Crippen LogP) is 2.63. The Morgan fingerprint density at radius 3 is 1.29 bits per heavy atom. The summed E-state index contributed by atoms with van der Waals surface area (Å²) in [5, 5.41) is 6.60. The van der Waals surface area contributed by atoms with Gasteiger partial charge < -0.3 is 0 Å². The molecule has 0 aliphatic heterocycles. The lowest BCUT2D eigenvalue weighted by Crippen LogP contribution is -2.36. The molecule has 2 aromatic rings. The molecule has 2 aromatic carbocycles. The molecule has 0 atom stereocenters. The van der Waals surface area contributed by atoms with Gasteiger partial charge in [-0.25, -0.2) is 0 Å². The molecule has 0 radical (unpaired) electrons. The minimum Gasteiger partial charge on any atom is -0.267 e. The number of nitrogens with zero attached hydrogens (tertiary/aromatic N) is 4. The van der Waals surface area contributed by atoms with Crippen LogP contribution in [0.2, 0.25) is 0 Å². The van der Waals surface area contributed by atoms with Crippen molar-refractivity contribution in [3.05, 3.63) is 81.6 Å². The molecule has 0 saturated heterocycles. The molecule has 0 aliphatic carbocycles. The van der Waals surface area contributed by atoms with Gasteiger partial charge in [0.1, 0.15) is 0 Å². The highest BCUT2D eigenvalue weighted by Gasteiger charge is 2.21. The third-order valence-electron chi connectivity index (χ3n) is 3.23. The van der Waals surface area contributed by atoms with Gasteiger partial charge in [0.15, 0.2) is 0 Å². The van der Waals surface area contributed by atoms with Crippen LogP contribution in [-0.2, 0) is 0 Å². The maximum atomic E-state index is 12.1. The fourth-order valence-electron chi connectivity index (χ4n) is 2.01. The van der Waals surface area contributed by atoms with E-state index >= 15 is 0 Å². The summed E-state index contributed by atoms with van der Waals surface area (Å²) in [6.45, 7) is -0.497. The van der Waals surface area contributed by atoms with Gasteiger partial charge in [0, 0.05) is 11.1 Å². The average Bonchev–Trinajstić information content (AvgIpc) is 2.66. The van der Waals surface area contributed by atoms with E-state index in [0.29, 0.717) is 10.0 Å². The van der Waals surface area contributed by atoms with Crippen LogP contribution < -0.4 is 0 Å². The van der Waals surface area contributed by atoms with Gasteiger partial charge in [-0.1, -0.05) is 36.4 Å². The second-order valence-electron chi connectivity index (χ2n) is 4.75. The molecule has 0 aromatic heterocycles. The topological polar surface area (TPSA) is 99.5 Å². The van der Waals surface area contributed by atoms with E-state index in [-0.39, 0.29) is 24.2 Å². The molecule has 2 amide bonds. The van der Waals surface area contributed by atoms with Crippen LogP contribution in [0.25, 0.3) is 0 Å². The van der Waals surface area contributed by atoms with E-state index in [2.05, 4.69) is 10.6 Å². The Labute approximate surface area is 137 Å². The van der Waals surface area contributed by atoms with E-state index < -0.39 is 11.8 Å². The predicted molar refractivity (Wildman–Crippen MR) is 86.5 cm³/mol. The van der Waals surface area contributed by atoms with Crippen LogP contribution in [0.5, 0.6) is 0 Å². The smallest absolute Gasteiger partial charge is 0.267 e. The number of hydrogen-bond donors (Lipinski definition) is 0. The first kappa shape index (κ1) is 16.9. The summed E-state index contributed by atoms with van der Waals surface area (Å²) >= 11 is 0. The van der Waals surface area contributed by atoms with Crippen molar-refractivity contribution in [2.24, 2.45) is 10.6 Å². The van der Waals surface area contributed by atoms with Crippen LogP contribution in [0, 0.1) is 9.81 Å². The first-order chi connectivity index (χ1) is 11.7. The Kier molecular flexibility index (Phi) is 5.84. The van der Waals surface area contributed by atoms with Gasteiger partial charge in [0.2, 0.25) is 0 Å². The summed E-state index contributed by atoms with van der Waals surface area (Å²) in [6, 6.07) is 16.2. The Bertz CT molecular complexity index is 658. The van der Waals surface area contributed by atoms with Crippen LogP contribution >= 0.6 is 0 Å². The van der Waals surface area contributed by atoms with Crippen molar-refractivity contribution in [1.82, 2.24) is 10.0 Å². The average molecular weight is 326 g/mol. The zero-order valence-corrected chi connectivity index (χ0v) is 12.6. The molecule has 8 nitrogen and oxygen atoms in total. The molecule has 0 bridgehead atoms. The Morgan fingerprint density at radius 2 is 1.00 bits per heavy atom. The summed E-state index contributed by atoms with van der Waals surface area (Å²) in [4.78, 5) is 46.1. The van der Waals surface area contributed by atoms with Gasteiger partial charge in [0.05, 0.1) is 23.7 Å². The van der Waals surface area contributed by atoms with Crippen LogP contribution in [-0.4, -0.2) is 34.9 Å². The van der Waals surface area contributed by atoms with Crippen molar-refractivity contribution in [1.29, 1.82) is 0 Å². The van der Waals surface area contributed by atoms with Gasteiger partial charge in [-0.2, -0.15) is 10.0 Å². The number of carbonyl (C=O) groups is 2. The Hall–Kier alpha value is -3.42. The van der Waals surface area contributed by atoms with Crippen molar-refractivity contribution in [3.8, 4) is 0 Å². The lowest BCUT2D eigenvalue weighted by Gasteiger charge is -2.17. The molecule has 0 saturated carbocycles. The molecular formula is C16H14N4O4. The van der Waals surface area contributed by atoms with E-state index in [0.717, 1.165) is 0 Å². The number of nitroso groups, excluding NO2 is 2. The molecule has 2 rings (SSSR count). The minimum atomic E-state index is -0.622. The summed E-state index contributed by atoms with van der Waals surface area (Å²) in [5.74, 6) is -1.24. The zero-order chi connectivity index (χ0) is 17.4. The summed E-state index contributed by atoms with van der Waals surface area (Å²) < 4.78 is 0. The molecule has 0 unspecified atom stereocenters. The highest BCUT2D eigenvalue weighted by Crippen LogP contribution is 2.08. The van der Waals surface area contributed by atoms with Crippen molar-refractivity contribution in [3.63, 3.8) is 0 Å². The fraction of sp³-hybridized carbons (Fsp3) is 0.125. The van der Waals surface area contributed by atoms with Crippen molar-refractivity contribution < 1.29 is 9.59 Å². The minimum absolute atomic E-state index is 0.248. The number of carbonyl (C=O) groups excluding carboxylic acids is 2. The first-order valence-corrected chi connectivity index (χ1v) is 7.07. The highest BCUT2D eigenvalue weighted by atomic mass is 16.3. The van der Waals surface area contributed by atoms with Gasteiger partial charge in [-0.3, -0.25) is 9.59 Å². The molecule has 0 N–H and O–H groups in total. The third-order valence-corrected chi connectivity index (χ3v) is 3.23. The van der Waals surface area contributed by atoms with E-state index in [9.17, 15) is 19.4 Å². The van der Waals surface area contributed by atoms with Gasteiger partial charge >= 0.3 is 0 Å². The van der Waals surface area contributed by atoms with Gasteiger partial charge in [0.25, 0.3) is 11.8 Å². The van der Waals surface area contributed by atoms with Crippen LogP contribution in [0.15, 0.2) is 71.2 Å². The van der Waals surface area contributed by atoms with Crippen molar-refractivity contribution >= 4 is 11.8 Å². The molecule has 8 heteroatoms. The summed E-state index contributed by atoms with van der Waals surface area (Å²) in [7, 11) is 0. The summed E-state index contributed by atoms with van der Waals surface area (Å²) in [5.41, 5.74) is 0.550. The van der Waals surface area contributed by atoms with Crippen molar-refractivity contribution in [2.45, 2.75) is 0 Å². The molecule has 0 aliphatic rings. The zero-order valence-electron chi connectivity index (χ0n) is 12.6. The lowest BCUT2D eigenvalue weighted by atomic mass is 10.2.